The zero-order chi connectivity index (χ0) is 17.2. The van der Waals surface area contributed by atoms with E-state index in [2.05, 4.69) is 27.0 Å². The van der Waals surface area contributed by atoms with Gasteiger partial charge in [0, 0.05) is 42.8 Å². The molecule has 6 heteroatoms. The van der Waals surface area contributed by atoms with Crippen molar-refractivity contribution in [2.45, 2.75) is 25.8 Å². The van der Waals surface area contributed by atoms with Gasteiger partial charge in [0.05, 0.1) is 13.2 Å². The molecule has 3 heterocycles. The van der Waals surface area contributed by atoms with E-state index in [0.29, 0.717) is 19.8 Å². The van der Waals surface area contributed by atoms with Crippen molar-refractivity contribution < 1.29 is 9.53 Å². The molecule has 1 N–H and O–H groups in total. The molecule has 132 valence electrons. The molecule has 0 saturated carbocycles. The number of aryl methyl sites for hydroxylation is 1. The maximum Gasteiger partial charge on any atom is 0.254 e. The lowest BCUT2D eigenvalue weighted by Gasteiger charge is -2.34. The standard InChI is InChI=1S/C19H24N4O2/c1-14-12-20-18(21-14)17-13-25-11-10-23(17)19(24)15-4-6-16(7-5-15)22-8-2-3-9-22/h4-7,12,17H,2-3,8-11,13H2,1H3,(H,20,21). The van der Waals surface area contributed by atoms with Crippen molar-refractivity contribution in [3.63, 3.8) is 0 Å². The Morgan fingerprint density at radius 3 is 2.64 bits per heavy atom. The summed E-state index contributed by atoms with van der Waals surface area (Å²) in [5.74, 6) is 0.828. The van der Waals surface area contributed by atoms with Gasteiger partial charge < -0.3 is 19.5 Å². The summed E-state index contributed by atoms with van der Waals surface area (Å²) in [6, 6.07) is 7.84. The van der Waals surface area contributed by atoms with Crippen LogP contribution in [0.5, 0.6) is 0 Å². The van der Waals surface area contributed by atoms with Crippen LogP contribution in [0.25, 0.3) is 0 Å². The van der Waals surface area contributed by atoms with Crippen molar-refractivity contribution in [2.75, 3.05) is 37.7 Å². The van der Waals surface area contributed by atoms with E-state index in [9.17, 15) is 4.79 Å². The lowest BCUT2D eigenvalue weighted by molar-refractivity contribution is -0.00500. The van der Waals surface area contributed by atoms with E-state index in [1.807, 2.05) is 24.0 Å². The second kappa shape index (κ2) is 6.88. The molecule has 2 saturated heterocycles. The molecular formula is C19H24N4O2. The number of hydrogen-bond acceptors (Lipinski definition) is 4. The molecule has 0 spiro atoms. The number of amides is 1. The number of morpholine rings is 1. The van der Waals surface area contributed by atoms with Crippen LogP contribution in [0.1, 0.15) is 40.8 Å². The highest BCUT2D eigenvalue weighted by atomic mass is 16.5. The quantitative estimate of drug-likeness (QED) is 0.933. The molecule has 1 atom stereocenters. The number of nitrogens with zero attached hydrogens (tertiary/aromatic N) is 3. The van der Waals surface area contributed by atoms with Crippen LogP contribution in [0.2, 0.25) is 0 Å². The number of anilines is 1. The van der Waals surface area contributed by atoms with Crippen molar-refractivity contribution in [2.24, 2.45) is 0 Å². The maximum absolute atomic E-state index is 13.0. The summed E-state index contributed by atoms with van der Waals surface area (Å²) >= 11 is 0. The van der Waals surface area contributed by atoms with Crippen molar-refractivity contribution in [3.05, 3.63) is 47.5 Å². The normalized spacial score (nSPS) is 20.9. The Balaban J connectivity index is 1.53. The summed E-state index contributed by atoms with van der Waals surface area (Å²) in [5, 5.41) is 0. The number of aromatic amines is 1. The second-order valence-electron chi connectivity index (χ2n) is 6.78. The Morgan fingerprint density at radius 2 is 1.96 bits per heavy atom. The molecular weight excluding hydrogens is 316 g/mol. The number of carbonyl (C=O) groups excluding carboxylic acids is 1. The summed E-state index contributed by atoms with van der Waals surface area (Å²) in [6.45, 7) is 5.80. The lowest BCUT2D eigenvalue weighted by atomic mass is 10.1. The first kappa shape index (κ1) is 16.1. The highest BCUT2D eigenvalue weighted by Gasteiger charge is 2.31. The first-order chi connectivity index (χ1) is 12.2. The fourth-order valence-corrected chi connectivity index (χ4v) is 3.63. The number of ether oxygens (including phenoxy) is 1. The molecule has 2 aromatic rings. The Bertz CT molecular complexity index is 734. The van der Waals surface area contributed by atoms with Crippen molar-refractivity contribution >= 4 is 11.6 Å². The topological polar surface area (TPSA) is 61.5 Å². The number of hydrogen-bond donors (Lipinski definition) is 1. The van der Waals surface area contributed by atoms with Crippen LogP contribution in [0, 0.1) is 6.92 Å². The van der Waals surface area contributed by atoms with Crippen LogP contribution in [-0.4, -0.2) is 53.6 Å². The minimum absolute atomic E-state index is 0.0373. The van der Waals surface area contributed by atoms with E-state index < -0.39 is 0 Å². The Labute approximate surface area is 147 Å². The number of rotatable bonds is 3. The molecule has 6 nitrogen and oxygen atoms in total. The Morgan fingerprint density at radius 1 is 1.20 bits per heavy atom. The first-order valence-corrected chi connectivity index (χ1v) is 8.97. The van der Waals surface area contributed by atoms with Gasteiger partial charge in [-0.1, -0.05) is 0 Å². The van der Waals surface area contributed by atoms with Crippen molar-refractivity contribution in [1.82, 2.24) is 14.9 Å². The fourth-order valence-electron chi connectivity index (χ4n) is 3.63. The smallest absolute Gasteiger partial charge is 0.254 e. The summed E-state index contributed by atoms with van der Waals surface area (Å²) < 4.78 is 5.59. The highest BCUT2D eigenvalue weighted by molar-refractivity contribution is 5.95. The summed E-state index contributed by atoms with van der Waals surface area (Å²) in [5.41, 5.74) is 2.91. The molecule has 1 aromatic carbocycles. The van der Waals surface area contributed by atoms with E-state index >= 15 is 0 Å². The van der Waals surface area contributed by atoms with Gasteiger partial charge in [0.2, 0.25) is 0 Å². The van der Waals surface area contributed by atoms with E-state index in [0.717, 1.165) is 30.2 Å². The predicted molar refractivity (Wildman–Crippen MR) is 95.8 cm³/mol. The summed E-state index contributed by atoms with van der Waals surface area (Å²) in [4.78, 5) is 24.9. The molecule has 0 bridgehead atoms. The van der Waals surface area contributed by atoms with Gasteiger partial charge in [-0.05, 0) is 44.0 Å². The zero-order valence-electron chi connectivity index (χ0n) is 14.6. The van der Waals surface area contributed by atoms with E-state index in [1.54, 1.807) is 6.20 Å². The van der Waals surface area contributed by atoms with Crippen LogP contribution in [-0.2, 0) is 4.74 Å². The van der Waals surface area contributed by atoms with E-state index in [-0.39, 0.29) is 11.9 Å². The Hall–Kier alpha value is -2.34. The van der Waals surface area contributed by atoms with Crippen LogP contribution >= 0.6 is 0 Å². The second-order valence-corrected chi connectivity index (χ2v) is 6.78. The lowest BCUT2D eigenvalue weighted by Crippen LogP contribution is -2.43. The SMILES string of the molecule is Cc1cnc(C2COCCN2C(=O)c2ccc(N3CCCC3)cc2)[nH]1. The highest BCUT2D eigenvalue weighted by Crippen LogP contribution is 2.26. The maximum atomic E-state index is 13.0. The molecule has 2 aliphatic rings. The predicted octanol–water partition coefficient (Wildman–Crippen LogP) is 2.53. The molecule has 1 unspecified atom stereocenters. The number of carbonyl (C=O) groups is 1. The van der Waals surface area contributed by atoms with Gasteiger partial charge in [0.1, 0.15) is 11.9 Å². The van der Waals surface area contributed by atoms with Crippen LogP contribution in [0.4, 0.5) is 5.69 Å². The van der Waals surface area contributed by atoms with E-state index in [1.165, 1.54) is 18.5 Å². The average molecular weight is 340 g/mol. The molecule has 4 rings (SSSR count). The summed E-state index contributed by atoms with van der Waals surface area (Å²) in [6.07, 6.45) is 4.29. The largest absolute Gasteiger partial charge is 0.377 e. The number of H-pyrrole nitrogens is 1. The molecule has 25 heavy (non-hydrogen) atoms. The van der Waals surface area contributed by atoms with Crippen LogP contribution in [0.15, 0.2) is 30.5 Å². The fraction of sp³-hybridized carbons (Fsp3) is 0.474. The molecule has 0 aliphatic carbocycles. The van der Waals surface area contributed by atoms with Gasteiger partial charge in [-0.2, -0.15) is 0 Å². The van der Waals surface area contributed by atoms with Gasteiger partial charge in [-0.25, -0.2) is 4.98 Å². The van der Waals surface area contributed by atoms with Gasteiger partial charge in [-0.15, -0.1) is 0 Å². The summed E-state index contributed by atoms with van der Waals surface area (Å²) in [7, 11) is 0. The third-order valence-corrected chi connectivity index (χ3v) is 5.01. The number of nitrogens with one attached hydrogen (secondary N) is 1. The van der Waals surface area contributed by atoms with Crippen LogP contribution < -0.4 is 4.90 Å². The van der Waals surface area contributed by atoms with Gasteiger partial charge in [0.25, 0.3) is 5.91 Å². The van der Waals surface area contributed by atoms with Gasteiger partial charge >= 0.3 is 0 Å². The minimum Gasteiger partial charge on any atom is -0.377 e. The molecule has 0 radical (unpaired) electrons. The van der Waals surface area contributed by atoms with Gasteiger partial charge in [-0.3, -0.25) is 4.79 Å². The number of aromatic nitrogens is 2. The van der Waals surface area contributed by atoms with Gasteiger partial charge in [0.15, 0.2) is 0 Å². The average Bonchev–Trinajstić information content (AvgIpc) is 3.33. The first-order valence-electron chi connectivity index (χ1n) is 8.97. The minimum atomic E-state index is -0.159. The zero-order valence-corrected chi connectivity index (χ0v) is 14.6. The molecule has 2 fully saturated rings. The van der Waals surface area contributed by atoms with Crippen molar-refractivity contribution in [1.29, 1.82) is 0 Å². The molecule has 2 aliphatic heterocycles. The molecule has 1 amide bonds. The van der Waals surface area contributed by atoms with E-state index in [4.69, 9.17) is 4.74 Å². The third kappa shape index (κ3) is 3.26. The number of benzene rings is 1. The molecule has 1 aromatic heterocycles. The van der Waals surface area contributed by atoms with Crippen molar-refractivity contribution in [3.8, 4) is 0 Å². The Kier molecular flexibility index (Phi) is 4.44. The monoisotopic (exact) mass is 340 g/mol. The van der Waals surface area contributed by atoms with Crippen LogP contribution in [0.3, 0.4) is 0 Å². The number of imidazole rings is 1. The third-order valence-electron chi connectivity index (χ3n) is 5.01.